The van der Waals surface area contributed by atoms with E-state index in [9.17, 15) is 18.7 Å². The van der Waals surface area contributed by atoms with E-state index in [4.69, 9.17) is 0 Å². The third-order valence-electron chi connectivity index (χ3n) is 2.44. The molecule has 19 heavy (non-hydrogen) atoms. The van der Waals surface area contributed by atoms with Crippen molar-refractivity contribution in [2.24, 2.45) is 0 Å². The molecule has 2 rings (SSSR count). The van der Waals surface area contributed by atoms with Gasteiger partial charge < -0.3 is 5.11 Å². The van der Waals surface area contributed by atoms with Gasteiger partial charge in [-0.1, -0.05) is 18.2 Å². The van der Waals surface area contributed by atoms with E-state index < -0.39 is 11.6 Å². The van der Waals surface area contributed by atoms with Crippen molar-refractivity contribution in [3.05, 3.63) is 71.3 Å². The van der Waals surface area contributed by atoms with Gasteiger partial charge >= 0.3 is 0 Å². The monoisotopic (exact) mass is 260 g/mol. The van der Waals surface area contributed by atoms with Gasteiger partial charge in [0.05, 0.1) is 0 Å². The minimum absolute atomic E-state index is 0.0175. The molecule has 0 saturated carbocycles. The Morgan fingerprint density at radius 1 is 1.05 bits per heavy atom. The molecule has 96 valence electrons. The molecule has 0 fully saturated rings. The van der Waals surface area contributed by atoms with Gasteiger partial charge in [0.1, 0.15) is 17.4 Å². The number of carbonyl (C=O) groups is 1. The van der Waals surface area contributed by atoms with Crippen LogP contribution >= 0.6 is 0 Å². The molecule has 0 amide bonds. The Morgan fingerprint density at radius 3 is 2.37 bits per heavy atom. The maximum atomic E-state index is 12.9. The second kappa shape index (κ2) is 5.44. The van der Waals surface area contributed by atoms with Crippen molar-refractivity contribution in [2.75, 3.05) is 0 Å². The molecule has 0 aliphatic heterocycles. The molecule has 2 aromatic rings. The minimum atomic E-state index is -0.704. The average molecular weight is 260 g/mol. The zero-order chi connectivity index (χ0) is 13.8. The normalized spacial score (nSPS) is 10.8. The Labute approximate surface area is 108 Å². The second-order valence-corrected chi connectivity index (χ2v) is 3.95. The third-order valence-corrected chi connectivity index (χ3v) is 2.44. The molecule has 2 aromatic carbocycles. The lowest BCUT2D eigenvalue weighted by molar-refractivity contribution is 0.104. The number of carbonyl (C=O) groups excluding carboxylic acids is 1. The van der Waals surface area contributed by atoms with E-state index in [1.807, 2.05) is 0 Å². The molecule has 4 heteroatoms. The Balaban J connectivity index is 2.20. The number of halogens is 2. The molecule has 2 nitrogen and oxygen atoms in total. The van der Waals surface area contributed by atoms with Gasteiger partial charge in [0.25, 0.3) is 0 Å². The van der Waals surface area contributed by atoms with Gasteiger partial charge in [0.2, 0.25) is 0 Å². The maximum absolute atomic E-state index is 12.9. The van der Waals surface area contributed by atoms with Crippen LogP contribution in [0.3, 0.4) is 0 Å². The summed E-state index contributed by atoms with van der Waals surface area (Å²) >= 11 is 0. The number of phenolic OH excluding ortho intramolecular Hbond substituents is 1. The van der Waals surface area contributed by atoms with Crippen LogP contribution in [0.2, 0.25) is 0 Å². The fourth-order valence-electron chi connectivity index (χ4n) is 1.60. The van der Waals surface area contributed by atoms with Crippen LogP contribution in [0.4, 0.5) is 8.78 Å². The SMILES string of the molecule is O=C(/C=C/c1cc(F)cc(F)c1)c1cccc(O)c1. The van der Waals surface area contributed by atoms with Crippen molar-refractivity contribution in [3.8, 4) is 5.75 Å². The Bertz CT molecular complexity index is 628. The quantitative estimate of drug-likeness (QED) is 0.676. The van der Waals surface area contributed by atoms with Gasteiger partial charge in [-0.15, -0.1) is 0 Å². The molecule has 0 heterocycles. The smallest absolute Gasteiger partial charge is 0.185 e. The average Bonchev–Trinajstić information content (AvgIpc) is 2.35. The van der Waals surface area contributed by atoms with Crippen LogP contribution in [0.15, 0.2) is 48.5 Å². The highest BCUT2D eigenvalue weighted by Crippen LogP contribution is 2.13. The number of aromatic hydroxyl groups is 1. The van der Waals surface area contributed by atoms with Crippen LogP contribution in [0, 0.1) is 11.6 Å². The largest absolute Gasteiger partial charge is 0.508 e. The van der Waals surface area contributed by atoms with Crippen LogP contribution in [0.1, 0.15) is 15.9 Å². The van der Waals surface area contributed by atoms with E-state index >= 15 is 0 Å². The van der Waals surface area contributed by atoms with Crippen molar-refractivity contribution >= 4 is 11.9 Å². The maximum Gasteiger partial charge on any atom is 0.185 e. The van der Waals surface area contributed by atoms with Crippen LogP contribution in [0.5, 0.6) is 5.75 Å². The lowest BCUT2D eigenvalue weighted by Gasteiger charge is -1.98. The number of hydrogen-bond donors (Lipinski definition) is 1. The van der Waals surface area contributed by atoms with Crippen LogP contribution in [-0.2, 0) is 0 Å². The fourth-order valence-corrected chi connectivity index (χ4v) is 1.60. The molecular weight excluding hydrogens is 250 g/mol. The van der Waals surface area contributed by atoms with Crippen molar-refractivity contribution < 1.29 is 18.7 Å². The first-order valence-corrected chi connectivity index (χ1v) is 5.52. The first kappa shape index (κ1) is 13.0. The summed E-state index contributed by atoms with van der Waals surface area (Å²) < 4.78 is 25.9. The highest BCUT2D eigenvalue weighted by molar-refractivity contribution is 6.07. The molecule has 0 atom stereocenters. The van der Waals surface area contributed by atoms with Crippen LogP contribution in [-0.4, -0.2) is 10.9 Å². The van der Waals surface area contributed by atoms with Gasteiger partial charge in [0.15, 0.2) is 5.78 Å². The summed E-state index contributed by atoms with van der Waals surface area (Å²) in [6.07, 6.45) is 2.52. The number of rotatable bonds is 3. The fraction of sp³-hybridized carbons (Fsp3) is 0. The first-order valence-electron chi connectivity index (χ1n) is 5.52. The molecule has 0 spiro atoms. The summed E-state index contributed by atoms with van der Waals surface area (Å²) in [5.41, 5.74) is 0.555. The van der Waals surface area contributed by atoms with Gasteiger partial charge in [-0.05, 0) is 35.9 Å². The van der Waals surface area contributed by atoms with Gasteiger partial charge in [-0.2, -0.15) is 0 Å². The van der Waals surface area contributed by atoms with E-state index in [1.54, 1.807) is 6.07 Å². The molecule has 1 N–H and O–H groups in total. The highest BCUT2D eigenvalue weighted by Gasteiger charge is 2.03. The minimum Gasteiger partial charge on any atom is -0.508 e. The first-order chi connectivity index (χ1) is 9.04. The molecule has 0 saturated heterocycles. The van der Waals surface area contributed by atoms with Crippen molar-refractivity contribution in [1.29, 1.82) is 0 Å². The van der Waals surface area contributed by atoms with Crippen molar-refractivity contribution in [2.45, 2.75) is 0 Å². The molecule has 0 aliphatic rings. The molecular formula is C15H10F2O2. The summed E-state index contributed by atoms with van der Waals surface area (Å²) in [5, 5.41) is 9.24. The lowest BCUT2D eigenvalue weighted by Crippen LogP contribution is -1.93. The van der Waals surface area contributed by atoms with E-state index in [1.165, 1.54) is 30.4 Å². The van der Waals surface area contributed by atoms with Gasteiger partial charge in [-0.3, -0.25) is 4.79 Å². The number of phenols is 1. The summed E-state index contributed by atoms with van der Waals surface area (Å²) in [6.45, 7) is 0. The Morgan fingerprint density at radius 2 is 1.74 bits per heavy atom. The highest BCUT2D eigenvalue weighted by atomic mass is 19.1. The molecule has 0 aliphatic carbocycles. The summed E-state index contributed by atoms with van der Waals surface area (Å²) in [7, 11) is 0. The zero-order valence-corrected chi connectivity index (χ0v) is 9.81. The summed E-state index contributed by atoms with van der Waals surface area (Å²) in [6, 6.07) is 8.84. The van der Waals surface area contributed by atoms with Crippen LogP contribution < -0.4 is 0 Å². The number of benzene rings is 2. The van der Waals surface area contributed by atoms with Gasteiger partial charge in [-0.25, -0.2) is 8.78 Å². The van der Waals surface area contributed by atoms with Crippen molar-refractivity contribution in [3.63, 3.8) is 0 Å². The van der Waals surface area contributed by atoms with E-state index in [0.717, 1.165) is 18.2 Å². The number of hydrogen-bond acceptors (Lipinski definition) is 2. The number of ketones is 1. The number of allylic oxidation sites excluding steroid dienone is 1. The second-order valence-electron chi connectivity index (χ2n) is 3.95. The summed E-state index contributed by atoms with van der Waals surface area (Å²) in [4.78, 5) is 11.8. The van der Waals surface area contributed by atoms with E-state index in [0.29, 0.717) is 5.56 Å². The van der Waals surface area contributed by atoms with E-state index in [2.05, 4.69) is 0 Å². The standard InChI is InChI=1S/C15H10F2O2/c16-12-6-10(7-13(17)9-12)4-5-15(19)11-2-1-3-14(18)8-11/h1-9,18H/b5-4+. The molecule has 0 bridgehead atoms. The molecule has 0 unspecified atom stereocenters. The molecule has 0 aromatic heterocycles. The van der Waals surface area contributed by atoms with E-state index in [-0.39, 0.29) is 17.1 Å². The van der Waals surface area contributed by atoms with Crippen LogP contribution in [0.25, 0.3) is 6.08 Å². The predicted octanol–water partition coefficient (Wildman–Crippen LogP) is 3.57. The zero-order valence-electron chi connectivity index (χ0n) is 9.81. The predicted molar refractivity (Wildman–Crippen MR) is 67.8 cm³/mol. The summed E-state index contributed by atoms with van der Waals surface area (Å²) in [5.74, 6) is -1.79. The Kier molecular flexibility index (Phi) is 3.71. The van der Waals surface area contributed by atoms with Gasteiger partial charge in [0, 0.05) is 11.6 Å². The topological polar surface area (TPSA) is 37.3 Å². The lowest BCUT2D eigenvalue weighted by atomic mass is 10.1. The van der Waals surface area contributed by atoms with Crippen molar-refractivity contribution in [1.82, 2.24) is 0 Å². The molecule has 0 radical (unpaired) electrons. The Hall–Kier alpha value is -2.49. The third kappa shape index (κ3) is 3.48.